The van der Waals surface area contributed by atoms with E-state index in [-0.39, 0.29) is 15.7 Å². The summed E-state index contributed by atoms with van der Waals surface area (Å²) >= 11 is 2.89. The van der Waals surface area contributed by atoms with Gasteiger partial charge in [-0.15, -0.1) is 11.3 Å². The molecule has 3 heterocycles. The summed E-state index contributed by atoms with van der Waals surface area (Å²) < 4.78 is 27.3. The normalized spacial score (nSPS) is 15.2. The number of anilines is 1. The lowest BCUT2D eigenvalue weighted by Crippen LogP contribution is -2.38. The molecule has 2 aromatic rings. The number of carbonyl (C=O) groups excluding carboxylic acids is 1. The summed E-state index contributed by atoms with van der Waals surface area (Å²) in [6.07, 6.45) is 1.74. The van der Waals surface area contributed by atoms with Crippen LogP contribution in [-0.4, -0.2) is 61.3 Å². The molecule has 7 nitrogen and oxygen atoms in total. The largest absolute Gasteiger partial charge is 0.357 e. The summed E-state index contributed by atoms with van der Waals surface area (Å²) in [4.78, 5) is 19.6. The van der Waals surface area contributed by atoms with E-state index < -0.39 is 10.0 Å². The first kappa shape index (κ1) is 22.1. The third kappa shape index (κ3) is 5.11. The van der Waals surface area contributed by atoms with Gasteiger partial charge in [-0.05, 0) is 36.9 Å². The quantitative estimate of drug-likeness (QED) is 0.660. The van der Waals surface area contributed by atoms with E-state index in [2.05, 4.69) is 29.0 Å². The minimum absolute atomic E-state index is 0.0990. The molecule has 1 amide bonds. The molecular weight excluding hydrogens is 428 g/mol. The zero-order chi connectivity index (χ0) is 20.9. The van der Waals surface area contributed by atoms with Crippen LogP contribution in [0.2, 0.25) is 0 Å². The van der Waals surface area contributed by atoms with Crippen molar-refractivity contribution in [2.75, 3.05) is 42.6 Å². The second-order valence-corrected chi connectivity index (χ2v) is 10.6. The SMILES string of the molecule is CCN(CC)c1ccc(CNC(=O)c2sccc2S(=O)(=O)N2CCSCC2)cn1. The summed E-state index contributed by atoms with van der Waals surface area (Å²) in [5.74, 6) is 2.08. The average Bonchev–Trinajstić information content (AvgIpc) is 3.25. The van der Waals surface area contributed by atoms with Crippen LogP contribution >= 0.6 is 23.1 Å². The van der Waals surface area contributed by atoms with Crippen LogP contribution in [0.3, 0.4) is 0 Å². The van der Waals surface area contributed by atoms with Crippen LogP contribution < -0.4 is 10.2 Å². The van der Waals surface area contributed by atoms with E-state index in [0.29, 0.717) is 19.6 Å². The van der Waals surface area contributed by atoms with E-state index in [1.165, 1.54) is 10.4 Å². The van der Waals surface area contributed by atoms with Crippen molar-refractivity contribution in [1.29, 1.82) is 0 Å². The minimum atomic E-state index is -3.65. The molecule has 2 aromatic heterocycles. The number of aromatic nitrogens is 1. The maximum Gasteiger partial charge on any atom is 0.263 e. The maximum atomic E-state index is 12.9. The molecular formula is C19H26N4O3S3. The van der Waals surface area contributed by atoms with Crippen molar-refractivity contribution < 1.29 is 13.2 Å². The highest BCUT2D eigenvalue weighted by molar-refractivity contribution is 7.99. The topological polar surface area (TPSA) is 82.6 Å². The van der Waals surface area contributed by atoms with Gasteiger partial charge in [0.2, 0.25) is 10.0 Å². The van der Waals surface area contributed by atoms with E-state index in [0.717, 1.165) is 47.3 Å². The van der Waals surface area contributed by atoms with Gasteiger partial charge in [0, 0.05) is 50.4 Å². The second-order valence-electron chi connectivity index (χ2n) is 6.51. The highest BCUT2D eigenvalue weighted by Gasteiger charge is 2.31. The van der Waals surface area contributed by atoms with Crippen molar-refractivity contribution in [3.63, 3.8) is 0 Å². The van der Waals surface area contributed by atoms with Crippen LogP contribution in [0.15, 0.2) is 34.7 Å². The van der Waals surface area contributed by atoms with E-state index in [1.54, 1.807) is 23.3 Å². The standard InChI is InChI=1S/C19H26N4O3S3/c1-3-22(4-2)17-6-5-15(13-20-17)14-21-19(24)18-16(7-10-28-18)29(25,26)23-8-11-27-12-9-23/h5-7,10,13H,3-4,8-9,11-12,14H2,1-2H3,(H,21,24). The molecule has 3 rings (SSSR count). The van der Waals surface area contributed by atoms with E-state index in [4.69, 9.17) is 0 Å². The number of amides is 1. The predicted molar refractivity (Wildman–Crippen MR) is 119 cm³/mol. The van der Waals surface area contributed by atoms with Gasteiger partial charge >= 0.3 is 0 Å². The number of rotatable bonds is 8. The van der Waals surface area contributed by atoms with Crippen LogP contribution in [-0.2, 0) is 16.6 Å². The molecule has 0 radical (unpaired) electrons. The Balaban J connectivity index is 1.67. The molecule has 1 aliphatic heterocycles. The summed E-state index contributed by atoms with van der Waals surface area (Å²) in [5.41, 5.74) is 0.864. The Kier molecular flexibility index (Phi) is 7.55. The van der Waals surface area contributed by atoms with E-state index >= 15 is 0 Å². The Labute approximate surface area is 180 Å². The predicted octanol–water partition coefficient (Wildman–Crippen LogP) is 2.66. The zero-order valence-electron chi connectivity index (χ0n) is 16.6. The molecule has 0 aromatic carbocycles. The van der Waals surface area contributed by atoms with Crippen molar-refractivity contribution in [1.82, 2.24) is 14.6 Å². The molecule has 0 saturated carbocycles. The molecule has 1 fully saturated rings. The molecule has 1 saturated heterocycles. The molecule has 1 N–H and O–H groups in total. The number of sulfonamides is 1. The Morgan fingerprint density at radius 3 is 2.55 bits per heavy atom. The number of hydrogen-bond donors (Lipinski definition) is 1. The number of carbonyl (C=O) groups is 1. The molecule has 0 spiro atoms. The van der Waals surface area contributed by atoms with Crippen LogP contribution in [0.25, 0.3) is 0 Å². The lowest BCUT2D eigenvalue weighted by atomic mass is 10.2. The van der Waals surface area contributed by atoms with Crippen molar-refractivity contribution in [2.24, 2.45) is 0 Å². The maximum absolute atomic E-state index is 12.9. The Morgan fingerprint density at radius 1 is 1.21 bits per heavy atom. The molecule has 0 bridgehead atoms. The lowest BCUT2D eigenvalue weighted by molar-refractivity contribution is 0.0952. The number of pyridine rings is 1. The number of nitrogens with one attached hydrogen (secondary N) is 1. The van der Waals surface area contributed by atoms with Gasteiger partial charge in [0.15, 0.2) is 0 Å². The molecule has 158 valence electrons. The highest BCUT2D eigenvalue weighted by atomic mass is 32.2. The summed E-state index contributed by atoms with van der Waals surface area (Å²) in [6, 6.07) is 5.39. The van der Waals surface area contributed by atoms with Gasteiger partial charge in [0.25, 0.3) is 5.91 Å². The van der Waals surface area contributed by atoms with Crippen molar-refractivity contribution in [2.45, 2.75) is 25.3 Å². The van der Waals surface area contributed by atoms with Gasteiger partial charge in [0.1, 0.15) is 15.6 Å². The molecule has 10 heteroatoms. The molecule has 0 atom stereocenters. The smallest absolute Gasteiger partial charge is 0.263 e. The second kappa shape index (κ2) is 9.92. The Bertz CT molecular complexity index is 918. The van der Waals surface area contributed by atoms with Crippen molar-refractivity contribution in [3.05, 3.63) is 40.2 Å². The number of hydrogen-bond acceptors (Lipinski definition) is 7. The number of thioether (sulfide) groups is 1. The zero-order valence-corrected chi connectivity index (χ0v) is 19.1. The first-order chi connectivity index (χ1) is 14.0. The van der Waals surface area contributed by atoms with Crippen LogP contribution in [0.1, 0.15) is 29.1 Å². The fourth-order valence-corrected chi connectivity index (χ4v) is 7.00. The minimum Gasteiger partial charge on any atom is -0.357 e. The van der Waals surface area contributed by atoms with E-state index in [9.17, 15) is 13.2 Å². The molecule has 1 aliphatic rings. The van der Waals surface area contributed by atoms with Gasteiger partial charge in [-0.1, -0.05) is 6.07 Å². The fourth-order valence-electron chi connectivity index (χ4n) is 3.11. The molecule has 29 heavy (non-hydrogen) atoms. The van der Waals surface area contributed by atoms with Gasteiger partial charge in [-0.3, -0.25) is 4.79 Å². The summed E-state index contributed by atoms with van der Waals surface area (Å²) in [6.45, 7) is 7.17. The average molecular weight is 455 g/mol. The third-order valence-corrected chi connectivity index (χ3v) is 8.70. The van der Waals surface area contributed by atoms with Crippen molar-refractivity contribution >= 4 is 44.8 Å². The Hall–Kier alpha value is -1.62. The van der Waals surface area contributed by atoms with Crippen LogP contribution in [0.5, 0.6) is 0 Å². The number of nitrogens with zero attached hydrogens (tertiary/aromatic N) is 3. The number of thiophene rings is 1. The van der Waals surface area contributed by atoms with Gasteiger partial charge in [-0.25, -0.2) is 13.4 Å². The van der Waals surface area contributed by atoms with Gasteiger partial charge in [-0.2, -0.15) is 16.1 Å². The summed E-state index contributed by atoms with van der Waals surface area (Å²) in [5, 5.41) is 4.48. The first-order valence-corrected chi connectivity index (χ1v) is 13.1. The van der Waals surface area contributed by atoms with Crippen LogP contribution in [0, 0.1) is 0 Å². The fraction of sp³-hybridized carbons (Fsp3) is 0.474. The molecule has 0 aliphatic carbocycles. The highest BCUT2D eigenvalue weighted by Crippen LogP contribution is 2.27. The third-order valence-electron chi connectivity index (χ3n) is 4.77. The molecule has 0 unspecified atom stereocenters. The van der Waals surface area contributed by atoms with Crippen LogP contribution in [0.4, 0.5) is 5.82 Å². The van der Waals surface area contributed by atoms with E-state index in [1.807, 2.05) is 12.1 Å². The monoisotopic (exact) mass is 454 g/mol. The van der Waals surface area contributed by atoms with Gasteiger partial charge in [0.05, 0.1) is 0 Å². The Morgan fingerprint density at radius 2 is 1.93 bits per heavy atom. The van der Waals surface area contributed by atoms with Gasteiger partial charge < -0.3 is 10.2 Å². The lowest BCUT2D eigenvalue weighted by Gasteiger charge is -2.25. The first-order valence-electron chi connectivity index (χ1n) is 9.60. The van der Waals surface area contributed by atoms with Crippen molar-refractivity contribution in [3.8, 4) is 0 Å². The summed E-state index contributed by atoms with van der Waals surface area (Å²) in [7, 11) is -3.65.